The molecule has 0 spiro atoms. The number of imidazole rings is 1. The van der Waals surface area contributed by atoms with Crippen molar-refractivity contribution in [2.75, 3.05) is 13.1 Å². The Balaban J connectivity index is 1.30. The maximum atomic E-state index is 14.0. The van der Waals surface area contributed by atoms with E-state index in [0.717, 1.165) is 17.6 Å². The van der Waals surface area contributed by atoms with Crippen molar-refractivity contribution in [2.24, 2.45) is 10.8 Å². The lowest BCUT2D eigenvalue weighted by Gasteiger charge is -2.50. The first-order valence-electron chi connectivity index (χ1n) is 13.5. The van der Waals surface area contributed by atoms with Crippen LogP contribution in [0.1, 0.15) is 53.5 Å². The van der Waals surface area contributed by atoms with Crippen LogP contribution in [0.5, 0.6) is 0 Å². The summed E-state index contributed by atoms with van der Waals surface area (Å²) in [6.07, 6.45) is 5.15. The van der Waals surface area contributed by atoms with Crippen molar-refractivity contribution < 1.29 is 19.1 Å². The van der Waals surface area contributed by atoms with Crippen LogP contribution in [0, 0.1) is 16.6 Å². The number of aromatic amines is 1. The number of hydrogen-bond acceptors (Lipinski definition) is 3. The number of carboxylic acids is 1. The smallest absolute Gasteiger partial charge is 0.335 e. The van der Waals surface area contributed by atoms with Crippen molar-refractivity contribution in [3.8, 4) is 11.4 Å². The quantitative estimate of drug-likeness (QED) is 0.247. The fourth-order valence-corrected chi connectivity index (χ4v) is 6.70. The van der Waals surface area contributed by atoms with E-state index >= 15 is 0 Å². The molecule has 0 fully saturated rings. The minimum atomic E-state index is -0.944. The van der Waals surface area contributed by atoms with Gasteiger partial charge in [0.1, 0.15) is 11.6 Å². The van der Waals surface area contributed by atoms with Crippen LogP contribution < -0.4 is 0 Å². The minimum Gasteiger partial charge on any atom is -0.478 e. The molecule has 3 aromatic carbocycles. The summed E-state index contributed by atoms with van der Waals surface area (Å²) in [7, 11) is 0. The van der Waals surface area contributed by atoms with Crippen molar-refractivity contribution >= 4 is 40.1 Å². The third-order valence-corrected chi connectivity index (χ3v) is 8.77. The van der Waals surface area contributed by atoms with Crippen LogP contribution in [-0.2, 0) is 0 Å². The number of fused-ring (bicyclic) bond motifs is 2. The molecule has 6 nitrogen and oxygen atoms in total. The van der Waals surface area contributed by atoms with E-state index < -0.39 is 11.8 Å². The molecule has 0 bridgehead atoms. The van der Waals surface area contributed by atoms with E-state index in [1.165, 1.54) is 17.7 Å². The molecule has 1 amide bonds. The van der Waals surface area contributed by atoms with Crippen LogP contribution in [0.2, 0.25) is 5.02 Å². The third-order valence-electron chi connectivity index (χ3n) is 8.48. The lowest BCUT2D eigenvalue weighted by Crippen LogP contribution is -2.48. The van der Waals surface area contributed by atoms with Gasteiger partial charge in [-0.25, -0.2) is 14.2 Å². The summed E-state index contributed by atoms with van der Waals surface area (Å²) in [5.41, 5.74) is 5.33. The van der Waals surface area contributed by atoms with E-state index in [1.54, 1.807) is 18.2 Å². The molecule has 0 saturated carbocycles. The number of nitrogens with zero attached hydrogens (tertiary/aromatic N) is 2. The number of amides is 1. The Morgan fingerprint density at radius 3 is 2.51 bits per heavy atom. The first-order chi connectivity index (χ1) is 19.5. The number of halogens is 2. The molecule has 1 aliphatic heterocycles. The Morgan fingerprint density at radius 1 is 1.05 bits per heavy atom. The van der Waals surface area contributed by atoms with Gasteiger partial charge in [0.05, 0.1) is 27.2 Å². The summed E-state index contributed by atoms with van der Waals surface area (Å²) >= 11 is 5.96. The summed E-state index contributed by atoms with van der Waals surface area (Å²) in [6.45, 7) is 7.60. The van der Waals surface area contributed by atoms with Gasteiger partial charge < -0.3 is 15.0 Å². The fraction of sp³-hybridized carbons (Fsp3) is 0.242. The average molecular weight is 570 g/mol. The van der Waals surface area contributed by atoms with Gasteiger partial charge in [-0.2, -0.15) is 0 Å². The largest absolute Gasteiger partial charge is 0.478 e. The molecule has 0 unspecified atom stereocenters. The topological polar surface area (TPSA) is 86.3 Å². The maximum absolute atomic E-state index is 14.0. The standard InChI is InChI=1S/C33H29ClFN3O3/c1-32(2)23(19-8-10-20(11-9-19)31(40)41)12-14-33(3)18-38(15-13-28(32)33)30(39)22-7-5-4-6-21(22)29-36-26-16-24(34)25(35)17-27(26)37-29/h4-13,16-17H,14-15,18H2,1-3H3,(H,36,37)(H,40,41)/t33-/m1/s1. The zero-order valence-corrected chi connectivity index (χ0v) is 23.7. The van der Waals surface area contributed by atoms with Gasteiger partial charge in [0.25, 0.3) is 5.91 Å². The van der Waals surface area contributed by atoms with Gasteiger partial charge >= 0.3 is 5.97 Å². The lowest BCUT2D eigenvalue weighted by molar-refractivity contribution is 0.0679. The molecule has 2 N–H and O–H groups in total. The molecule has 0 radical (unpaired) electrons. The molecule has 208 valence electrons. The van der Waals surface area contributed by atoms with Crippen LogP contribution in [0.25, 0.3) is 28.0 Å². The Labute approximate surface area is 242 Å². The molecule has 41 heavy (non-hydrogen) atoms. The molecule has 1 aromatic heterocycles. The normalized spacial score (nSPS) is 19.9. The predicted octanol–water partition coefficient (Wildman–Crippen LogP) is 7.62. The number of aromatic nitrogens is 2. The summed E-state index contributed by atoms with van der Waals surface area (Å²) in [5.74, 6) is -1.11. The molecule has 2 heterocycles. The number of hydrogen-bond donors (Lipinski definition) is 2. The Hall–Kier alpha value is -4.23. The second-order valence-corrected chi connectivity index (χ2v) is 12.0. The highest BCUT2D eigenvalue weighted by atomic mass is 35.5. The van der Waals surface area contributed by atoms with Crippen LogP contribution in [0.4, 0.5) is 4.39 Å². The van der Waals surface area contributed by atoms with Gasteiger partial charge in [0.2, 0.25) is 0 Å². The van der Waals surface area contributed by atoms with E-state index in [9.17, 15) is 19.1 Å². The summed E-state index contributed by atoms with van der Waals surface area (Å²) < 4.78 is 14.0. The Morgan fingerprint density at radius 2 is 1.78 bits per heavy atom. The number of nitrogens with one attached hydrogen (secondary N) is 1. The number of carbonyl (C=O) groups is 2. The minimum absolute atomic E-state index is 0.00565. The molecule has 1 aliphatic carbocycles. The molecule has 6 rings (SSSR count). The Bertz CT molecular complexity index is 1750. The number of carboxylic acid groups (broad SMARTS) is 1. The number of rotatable bonds is 4. The Kier molecular flexibility index (Phi) is 6.38. The molecule has 8 heteroatoms. The fourth-order valence-electron chi connectivity index (χ4n) is 6.54. The van der Waals surface area contributed by atoms with Gasteiger partial charge in [-0.3, -0.25) is 4.79 Å². The number of H-pyrrole nitrogens is 1. The van der Waals surface area contributed by atoms with Crippen molar-refractivity contribution in [2.45, 2.75) is 27.2 Å². The van der Waals surface area contributed by atoms with Crippen LogP contribution in [0.15, 0.2) is 78.4 Å². The van der Waals surface area contributed by atoms with Gasteiger partial charge in [-0.05, 0) is 41.8 Å². The average Bonchev–Trinajstić information content (AvgIpc) is 3.34. The van der Waals surface area contributed by atoms with Crippen LogP contribution >= 0.6 is 11.6 Å². The van der Waals surface area contributed by atoms with E-state index in [0.29, 0.717) is 41.1 Å². The van der Waals surface area contributed by atoms with Crippen molar-refractivity contribution in [1.82, 2.24) is 14.9 Å². The number of aromatic carboxylic acids is 1. The molecular formula is C33H29ClFN3O3. The SMILES string of the molecule is CC1(C)C(c2ccc(C(=O)O)cc2)=CC[C@]2(C)CN(C(=O)c3ccccc3-c3nc4cc(F)c(Cl)cc4[nH]3)CC=C12. The van der Waals surface area contributed by atoms with E-state index in [2.05, 4.69) is 42.9 Å². The highest BCUT2D eigenvalue weighted by Crippen LogP contribution is 2.55. The molecular weight excluding hydrogens is 541 g/mol. The number of carbonyl (C=O) groups excluding carboxylic acids is 1. The van der Waals surface area contributed by atoms with Crippen molar-refractivity contribution in [1.29, 1.82) is 0 Å². The monoisotopic (exact) mass is 569 g/mol. The lowest BCUT2D eigenvalue weighted by atomic mass is 9.58. The first kappa shape index (κ1) is 27.0. The van der Waals surface area contributed by atoms with E-state index in [1.807, 2.05) is 35.2 Å². The van der Waals surface area contributed by atoms with Crippen molar-refractivity contribution in [3.05, 3.63) is 106 Å². The summed E-state index contributed by atoms with van der Waals surface area (Å²) in [6, 6.07) is 17.1. The van der Waals surface area contributed by atoms with Gasteiger partial charge in [-0.1, -0.05) is 80.4 Å². The highest BCUT2D eigenvalue weighted by Gasteiger charge is 2.46. The second kappa shape index (κ2) is 9.70. The van der Waals surface area contributed by atoms with Gasteiger partial charge in [-0.15, -0.1) is 0 Å². The van der Waals surface area contributed by atoms with E-state index in [4.69, 9.17) is 11.6 Å². The maximum Gasteiger partial charge on any atom is 0.335 e. The molecule has 4 aromatic rings. The van der Waals surface area contributed by atoms with Gasteiger partial charge in [0, 0.05) is 35.5 Å². The number of benzene rings is 3. The van der Waals surface area contributed by atoms with Crippen LogP contribution in [0.3, 0.4) is 0 Å². The van der Waals surface area contributed by atoms with E-state index in [-0.39, 0.29) is 27.3 Å². The van der Waals surface area contributed by atoms with Crippen molar-refractivity contribution in [3.63, 3.8) is 0 Å². The zero-order chi connectivity index (χ0) is 29.1. The van der Waals surface area contributed by atoms with Crippen LogP contribution in [-0.4, -0.2) is 44.9 Å². The summed E-state index contributed by atoms with van der Waals surface area (Å²) in [5, 5.41) is 9.29. The molecule has 1 atom stereocenters. The number of allylic oxidation sites excluding steroid dienone is 2. The zero-order valence-electron chi connectivity index (χ0n) is 23.0. The third kappa shape index (κ3) is 4.54. The highest BCUT2D eigenvalue weighted by molar-refractivity contribution is 6.31. The first-order valence-corrected chi connectivity index (χ1v) is 13.8. The predicted molar refractivity (Wildman–Crippen MR) is 158 cm³/mol. The summed E-state index contributed by atoms with van der Waals surface area (Å²) in [4.78, 5) is 34.9. The molecule has 2 aliphatic rings. The van der Waals surface area contributed by atoms with Gasteiger partial charge in [0.15, 0.2) is 0 Å². The second-order valence-electron chi connectivity index (χ2n) is 11.6. The molecule has 0 saturated heterocycles.